The van der Waals surface area contributed by atoms with Crippen LogP contribution in [0, 0.1) is 5.92 Å². The average Bonchev–Trinajstić information content (AvgIpc) is 2.37. The van der Waals surface area contributed by atoms with E-state index < -0.39 is 6.10 Å². The number of aliphatic hydroxyl groups is 1. The second-order valence-electron chi connectivity index (χ2n) is 5.44. The molecule has 18 heavy (non-hydrogen) atoms. The molecule has 0 heterocycles. The molecule has 3 N–H and O–H groups in total. The summed E-state index contributed by atoms with van der Waals surface area (Å²) in [4.78, 5) is 2.13. The van der Waals surface area contributed by atoms with Gasteiger partial charge in [-0.15, -0.1) is 0 Å². The normalized spacial score (nSPS) is 16.9. The highest BCUT2D eigenvalue weighted by atomic mass is 16.3. The van der Waals surface area contributed by atoms with Gasteiger partial charge in [0.25, 0.3) is 0 Å². The lowest BCUT2D eigenvalue weighted by Crippen LogP contribution is -2.44. The summed E-state index contributed by atoms with van der Waals surface area (Å²) in [5.74, 6) is 0.452. The Hall–Kier alpha value is -0.900. The van der Waals surface area contributed by atoms with E-state index in [0.717, 1.165) is 12.1 Å². The van der Waals surface area contributed by atoms with Crippen molar-refractivity contribution in [1.82, 2.24) is 4.90 Å². The van der Waals surface area contributed by atoms with Crippen LogP contribution in [-0.2, 0) is 0 Å². The molecule has 1 aromatic rings. The third-order valence-electron chi connectivity index (χ3n) is 3.65. The summed E-state index contributed by atoms with van der Waals surface area (Å²) < 4.78 is 0. The Bertz CT molecular complexity index is 340. The van der Waals surface area contributed by atoms with Crippen molar-refractivity contribution in [1.29, 1.82) is 0 Å². The molecule has 0 saturated carbocycles. The predicted octanol–water partition coefficient (Wildman–Crippen LogP) is 2.02. The van der Waals surface area contributed by atoms with E-state index in [1.807, 2.05) is 44.3 Å². The third-order valence-corrected chi connectivity index (χ3v) is 3.65. The molecule has 102 valence electrons. The Morgan fingerprint density at radius 3 is 2.22 bits per heavy atom. The maximum atomic E-state index is 10.3. The minimum absolute atomic E-state index is 0.0530. The Balaban J connectivity index is 2.61. The molecule has 3 heteroatoms. The van der Waals surface area contributed by atoms with Gasteiger partial charge in [0.15, 0.2) is 0 Å². The lowest BCUT2D eigenvalue weighted by molar-refractivity contribution is 0.0671. The maximum Gasteiger partial charge on any atom is 0.0942 e. The van der Waals surface area contributed by atoms with Gasteiger partial charge in [-0.2, -0.15) is 0 Å². The van der Waals surface area contributed by atoms with E-state index in [-0.39, 0.29) is 12.1 Å². The van der Waals surface area contributed by atoms with Crippen LogP contribution in [-0.4, -0.2) is 35.7 Å². The van der Waals surface area contributed by atoms with Gasteiger partial charge < -0.3 is 10.8 Å². The van der Waals surface area contributed by atoms with Crippen molar-refractivity contribution in [3.05, 3.63) is 35.9 Å². The zero-order chi connectivity index (χ0) is 13.7. The van der Waals surface area contributed by atoms with Crippen LogP contribution in [0.4, 0.5) is 0 Å². The zero-order valence-electron chi connectivity index (χ0n) is 11.9. The van der Waals surface area contributed by atoms with E-state index in [9.17, 15) is 5.11 Å². The summed E-state index contributed by atoms with van der Waals surface area (Å²) in [6.45, 7) is 7.07. The standard InChI is InChI=1S/C15H26N2O/c1-11(2)14(16)10-17(4)12(3)15(18)13-8-6-5-7-9-13/h5-9,11-12,14-15,18H,10,16H2,1-4H3/t12-,14-,15+/m0/s1. The third kappa shape index (κ3) is 4.09. The molecule has 1 rings (SSSR count). The summed E-state index contributed by atoms with van der Waals surface area (Å²) in [5, 5.41) is 10.3. The van der Waals surface area contributed by atoms with Gasteiger partial charge in [0, 0.05) is 18.6 Å². The molecule has 0 aliphatic carbocycles. The van der Waals surface area contributed by atoms with Gasteiger partial charge in [-0.05, 0) is 25.5 Å². The first kappa shape index (κ1) is 15.2. The fraction of sp³-hybridized carbons (Fsp3) is 0.600. The van der Waals surface area contributed by atoms with Crippen LogP contribution in [0.15, 0.2) is 30.3 Å². The number of aliphatic hydroxyl groups excluding tert-OH is 1. The second-order valence-corrected chi connectivity index (χ2v) is 5.44. The Labute approximate surface area is 111 Å². The van der Waals surface area contributed by atoms with Crippen molar-refractivity contribution in [3.63, 3.8) is 0 Å². The Kier molecular flexibility index (Phi) is 5.79. The van der Waals surface area contributed by atoms with Gasteiger partial charge in [0.1, 0.15) is 0 Å². The fourth-order valence-electron chi connectivity index (χ4n) is 1.88. The summed E-state index contributed by atoms with van der Waals surface area (Å²) in [6, 6.07) is 9.96. The van der Waals surface area contributed by atoms with Crippen molar-refractivity contribution >= 4 is 0 Å². The van der Waals surface area contributed by atoms with Crippen molar-refractivity contribution in [2.24, 2.45) is 11.7 Å². The molecule has 1 aromatic carbocycles. The zero-order valence-corrected chi connectivity index (χ0v) is 11.9. The minimum atomic E-state index is -0.476. The molecular formula is C15H26N2O. The van der Waals surface area contributed by atoms with Crippen LogP contribution in [0.2, 0.25) is 0 Å². The van der Waals surface area contributed by atoms with E-state index in [1.165, 1.54) is 0 Å². The highest BCUT2D eigenvalue weighted by molar-refractivity contribution is 5.18. The van der Waals surface area contributed by atoms with E-state index in [2.05, 4.69) is 18.7 Å². The smallest absolute Gasteiger partial charge is 0.0942 e. The first-order chi connectivity index (χ1) is 8.43. The van der Waals surface area contributed by atoms with Crippen molar-refractivity contribution < 1.29 is 5.11 Å². The molecule has 0 fully saturated rings. The van der Waals surface area contributed by atoms with E-state index >= 15 is 0 Å². The summed E-state index contributed by atoms with van der Waals surface area (Å²) in [6.07, 6.45) is -0.476. The van der Waals surface area contributed by atoms with Crippen LogP contribution >= 0.6 is 0 Å². The maximum absolute atomic E-state index is 10.3. The van der Waals surface area contributed by atoms with E-state index in [1.54, 1.807) is 0 Å². The molecule has 0 bridgehead atoms. The molecular weight excluding hydrogens is 224 g/mol. The monoisotopic (exact) mass is 250 g/mol. The fourth-order valence-corrected chi connectivity index (χ4v) is 1.88. The minimum Gasteiger partial charge on any atom is -0.387 e. The number of hydrogen-bond donors (Lipinski definition) is 2. The SMILES string of the molecule is CC(C)[C@@H](N)CN(C)[C@@H](C)[C@@H](O)c1ccccc1. The first-order valence-corrected chi connectivity index (χ1v) is 6.62. The highest BCUT2D eigenvalue weighted by Gasteiger charge is 2.22. The molecule has 3 atom stereocenters. The number of benzene rings is 1. The Morgan fingerprint density at radius 2 is 1.72 bits per heavy atom. The predicted molar refractivity (Wildman–Crippen MR) is 76.3 cm³/mol. The van der Waals surface area contributed by atoms with Gasteiger partial charge in [0.05, 0.1) is 6.10 Å². The molecule has 0 aromatic heterocycles. The second kappa shape index (κ2) is 6.88. The van der Waals surface area contributed by atoms with Gasteiger partial charge in [0.2, 0.25) is 0 Å². The molecule has 0 aliphatic heterocycles. The van der Waals surface area contributed by atoms with Crippen LogP contribution in [0.1, 0.15) is 32.4 Å². The first-order valence-electron chi connectivity index (χ1n) is 6.62. The van der Waals surface area contributed by atoms with Crippen LogP contribution in [0.5, 0.6) is 0 Å². The summed E-state index contributed by atoms with van der Waals surface area (Å²) >= 11 is 0. The van der Waals surface area contributed by atoms with Gasteiger partial charge in [-0.3, -0.25) is 4.90 Å². The van der Waals surface area contributed by atoms with Crippen LogP contribution in [0.25, 0.3) is 0 Å². The van der Waals surface area contributed by atoms with E-state index in [0.29, 0.717) is 5.92 Å². The number of likely N-dealkylation sites (N-methyl/N-ethyl adjacent to an activating group) is 1. The number of hydrogen-bond acceptors (Lipinski definition) is 3. The van der Waals surface area contributed by atoms with Crippen LogP contribution < -0.4 is 5.73 Å². The van der Waals surface area contributed by atoms with Gasteiger partial charge in [-0.1, -0.05) is 44.2 Å². The summed E-state index contributed by atoms with van der Waals surface area (Å²) in [7, 11) is 2.01. The molecule has 0 unspecified atom stereocenters. The van der Waals surface area contributed by atoms with Crippen LogP contribution in [0.3, 0.4) is 0 Å². The molecule has 0 spiro atoms. The topological polar surface area (TPSA) is 49.5 Å². The lowest BCUT2D eigenvalue weighted by atomic mass is 10.0. The Morgan fingerprint density at radius 1 is 1.17 bits per heavy atom. The number of nitrogens with two attached hydrogens (primary N) is 1. The molecule has 0 amide bonds. The molecule has 0 saturated heterocycles. The molecule has 0 aliphatic rings. The van der Waals surface area contributed by atoms with Crippen molar-refractivity contribution in [3.8, 4) is 0 Å². The van der Waals surface area contributed by atoms with Gasteiger partial charge >= 0.3 is 0 Å². The number of nitrogens with zero attached hydrogens (tertiary/aromatic N) is 1. The molecule has 3 nitrogen and oxygen atoms in total. The average molecular weight is 250 g/mol. The van der Waals surface area contributed by atoms with Gasteiger partial charge in [-0.25, -0.2) is 0 Å². The van der Waals surface area contributed by atoms with Crippen molar-refractivity contribution in [2.75, 3.05) is 13.6 Å². The largest absolute Gasteiger partial charge is 0.387 e. The van der Waals surface area contributed by atoms with Crippen molar-refractivity contribution in [2.45, 2.75) is 39.0 Å². The quantitative estimate of drug-likeness (QED) is 0.812. The molecule has 0 radical (unpaired) electrons. The van der Waals surface area contributed by atoms with E-state index in [4.69, 9.17) is 5.73 Å². The summed E-state index contributed by atoms with van der Waals surface area (Å²) in [5.41, 5.74) is 7.02. The highest BCUT2D eigenvalue weighted by Crippen LogP contribution is 2.20. The number of rotatable bonds is 6. The lowest BCUT2D eigenvalue weighted by Gasteiger charge is -2.32.